The lowest BCUT2D eigenvalue weighted by molar-refractivity contribution is 0.0726. The van der Waals surface area contributed by atoms with Crippen LogP contribution in [0.3, 0.4) is 0 Å². The van der Waals surface area contributed by atoms with E-state index in [0.29, 0.717) is 12.8 Å². The minimum atomic E-state index is -1.13. The number of hydrogen-bond acceptors (Lipinski definition) is 2. The minimum absolute atomic E-state index is 0.278. The Morgan fingerprint density at radius 2 is 1.33 bits per heavy atom. The van der Waals surface area contributed by atoms with Gasteiger partial charge in [-0.15, -0.1) is 0 Å². The minimum Gasteiger partial charge on any atom is -0.420 e. The predicted molar refractivity (Wildman–Crippen MR) is 130 cm³/mol. The second kappa shape index (κ2) is 12.3. The number of carbonyl (C=O) groups is 1. The van der Waals surface area contributed by atoms with Gasteiger partial charge in [0.1, 0.15) is 0 Å². The summed E-state index contributed by atoms with van der Waals surface area (Å²) in [7, 11) is 0. The van der Waals surface area contributed by atoms with E-state index in [1.165, 1.54) is 49.8 Å². The summed E-state index contributed by atoms with van der Waals surface area (Å²) in [5.74, 6) is -3.20. The molecule has 2 nitrogen and oxygen atoms in total. The molecule has 0 fully saturated rings. The average molecular weight is 451 g/mol. The smallest absolute Gasteiger partial charge is 0.343 e. The molecule has 0 aliphatic carbocycles. The van der Waals surface area contributed by atoms with E-state index < -0.39 is 23.4 Å². The first-order valence-electron chi connectivity index (χ1n) is 11.9. The lowest BCUT2D eigenvalue weighted by atomic mass is 10.00. The zero-order valence-corrected chi connectivity index (χ0v) is 19.5. The lowest BCUT2D eigenvalue weighted by Gasteiger charge is -2.09. The third kappa shape index (κ3) is 6.74. The van der Waals surface area contributed by atoms with Gasteiger partial charge in [0.05, 0.1) is 5.56 Å². The quantitative estimate of drug-likeness (QED) is 0.167. The number of aryl methyl sites for hydroxylation is 2. The maximum absolute atomic E-state index is 14.3. The molecule has 0 aliphatic heterocycles. The van der Waals surface area contributed by atoms with Gasteiger partial charge in [0, 0.05) is 0 Å². The van der Waals surface area contributed by atoms with Crippen molar-refractivity contribution in [1.29, 1.82) is 0 Å². The van der Waals surface area contributed by atoms with Gasteiger partial charge in [0.2, 0.25) is 5.82 Å². The van der Waals surface area contributed by atoms with Crippen molar-refractivity contribution in [2.75, 3.05) is 0 Å². The van der Waals surface area contributed by atoms with Crippen molar-refractivity contribution >= 4 is 5.97 Å². The monoisotopic (exact) mass is 450 g/mol. The SMILES string of the molecule is CCCCCCCc1ccc(-c2ccc(C(=O)Oc3ccc(CCC)c(F)c3F)cc2)cc1. The summed E-state index contributed by atoms with van der Waals surface area (Å²) in [5.41, 5.74) is 3.92. The normalized spacial score (nSPS) is 10.9. The fourth-order valence-electron chi connectivity index (χ4n) is 3.87. The first-order valence-corrected chi connectivity index (χ1v) is 11.9. The van der Waals surface area contributed by atoms with Gasteiger partial charge < -0.3 is 4.74 Å². The number of rotatable bonds is 11. The Balaban J connectivity index is 1.61. The number of unbranched alkanes of at least 4 members (excludes halogenated alkanes) is 4. The molecule has 0 aromatic heterocycles. The molecular formula is C29H32F2O2. The molecular weight excluding hydrogens is 418 g/mol. The second-order valence-electron chi connectivity index (χ2n) is 8.43. The Bertz CT molecular complexity index is 1040. The Morgan fingerprint density at radius 3 is 1.97 bits per heavy atom. The van der Waals surface area contributed by atoms with Crippen LogP contribution in [0.15, 0.2) is 60.7 Å². The summed E-state index contributed by atoms with van der Waals surface area (Å²) in [6.07, 6.45) is 8.56. The average Bonchev–Trinajstić information content (AvgIpc) is 2.84. The summed E-state index contributed by atoms with van der Waals surface area (Å²) in [6, 6.07) is 18.2. The topological polar surface area (TPSA) is 26.3 Å². The summed E-state index contributed by atoms with van der Waals surface area (Å²) < 4.78 is 33.5. The molecule has 0 saturated carbocycles. The van der Waals surface area contributed by atoms with E-state index in [1.54, 1.807) is 12.1 Å². The fourth-order valence-corrected chi connectivity index (χ4v) is 3.87. The van der Waals surface area contributed by atoms with E-state index in [9.17, 15) is 13.6 Å². The number of ether oxygens (including phenoxy) is 1. The molecule has 0 bridgehead atoms. The molecule has 3 rings (SSSR count). The van der Waals surface area contributed by atoms with Crippen LogP contribution in [0.2, 0.25) is 0 Å². The third-order valence-corrected chi connectivity index (χ3v) is 5.83. The molecule has 3 aromatic carbocycles. The maximum Gasteiger partial charge on any atom is 0.343 e. The van der Waals surface area contributed by atoms with Crippen LogP contribution >= 0.6 is 0 Å². The summed E-state index contributed by atoms with van der Waals surface area (Å²) >= 11 is 0. The number of hydrogen-bond donors (Lipinski definition) is 0. The van der Waals surface area contributed by atoms with E-state index in [4.69, 9.17) is 4.74 Å². The van der Waals surface area contributed by atoms with Crippen molar-refractivity contribution in [3.63, 3.8) is 0 Å². The first-order chi connectivity index (χ1) is 16.0. The Kier molecular flexibility index (Phi) is 9.17. The second-order valence-corrected chi connectivity index (χ2v) is 8.43. The van der Waals surface area contributed by atoms with Gasteiger partial charge in [-0.05, 0) is 59.7 Å². The molecule has 0 spiro atoms. The largest absolute Gasteiger partial charge is 0.420 e. The van der Waals surface area contributed by atoms with Gasteiger partial charge in [-0.25, -0.2) is 9.18 Å². The molecule has 0 atom stereocenters. The summed E-state index contributed by atoms with van der Waals surface area (Å²) in [5, 5.41) is 0. The van der Waals surface area contributed by atoms with Crippen molar-refractivity contribution in [2.45, 2.75) is 65.2 Å². The summed E-state index contributed by atoms with van der Waals surface area (Å²) in [4.78, 5) is 12.4. The molecule has 4 heteroatoms. The molecule has 0 heterocycles. The van der Waals surface area contributed by atoms with Crippen LogP contribution in [0.4, 0.5) is 8.78 Å². The Morgan fingerprint density at radius 1 is 0.697 bits per heavy atom. The van der Waals surface area contributed by atoms with E-state index in [2.05, 4.69) is 31.2 Å². The Labute approximate surface area is 195 Å². The van der Waals surface area contributed by atoms with Crippen LogP contribution in [0.25, 0.3) is 11.1 Å². The van der Waals surface area contributed by atoms with Crippen LogP contribution in [0.1, 0.15) is 73.9 Å². The van der Waals surface area contributed by atoms with Gasteiger partial charge in [0.15, 0.2) is 11.6 Å². The van der Waals surface area contributed by atoms with Gasteiger partial charge in [-0.3, -0.25) is 0 Å². The zero-order chi connectivity index (χ0) is 23.6. The van der Waals surface area contributed by atoms with Gasteiger partial charge >= 0.3 is 5.97 Å². The number of esters is 1. The first kappa shape index (κ1) is 24.6. The van der Waals surface area contributed by atoms with Crippen molar-refractivity contribution < 1.29 is 18.3 Å². The molecule has 0 aliphatic rings. The van der Waals surface area contributed by atoms with Crippen LogP contribution in [0, 0.1) is 11.6 Å². The highest BCUT2D eigenvalue weighted by Gasteiger charge is 2.17. The molecule has 0 unspecified atom stereocenters. The van der Waals surface area contributed by atoms with Crippen molar-refractivity contribution in [3.8, 4) is 16.9 Å². The lowest BCUT2D eigenvalue weighted by Crippen LogP contribution is -2.10. The standard InChI is InChI=1S/C29H32F2O2/c1-3-5-6-7-8-10-21-11-13-22(14-12-21)23-15-17-25(18-16-23)29(32)33-26-20-19-24(9-4-2)27(30)28(26)31/h11-20H,3-10H2,1-2H3. The predicted octanol–water partition coefficient (Wildman–Crippen LogP) is 8.32. The molecule has 0 N–H and O–H groups in total. The van der Waals surface area contributed by atoms with E-state index in [1.807, 2.05) is 19.1 Å². The third-order valence-electron chi connectivity index (χ3n) is 5.83. The maximum atomic E-state index is 14.3. The highest BCUT2D eigenvalue weighted by molar-refractivity contribution is 5.91. The van der Waals surface area contributed by atoms with E-state index in [-0.39, 0.29) is 11.1 Å². The number of halogens is 2. The molecule has 0 radical (unpaired) electrons. The summed E-state index contributed by atoms with van der Waals surface area (Å²) in [6.45, 7) is 4.11. The van der Waals surface area contributed by atoms with Gasteiger partial charge in [-0.2, -0.15) is 4.39 Å². The highest BCUT2D eigenvalue weighted by atomic mass is 19.2. The van der Waals surface area contributed by atoms with Crippen LogP contribution < -0.4 is 4.74 Å². The number of carbonyl (C=O) groups excluding carboxylic acids is 1. The van der Waals surface area contributed by atoms with Crippen LogP contribution in [-0.4, -0.2) is 5.97 Å². The Hall–Kier alpha value is -3.01. The number of benzene rings is 3. The van der Waals surface area contributed by atoms with Crippen molar-refractivity contribution in [2.24, 2.45) is 0 Å². The molecule has 33 heavy (non-hydrogen) atoms. The van der Waals surface area contributed by atoms with Crippen molar-refractivity contribution in [3.05, 3.63) is 89.0 Å². The fraction of sp³-hybridized carbons (Fsp3) is 0.345. The van der Waals surface area contributed by atoms with E-state index >= 15 is 0 Å². The highest BCUT2D eigenvalue weighted by Crippen LogP contribution is 2.26. The molecule has 174 valence electrons. The van der Waals surface area contributed by atoms with Crippen LogP contribution in [0.5, 0.6) is 5.75 Å². The van der Waals surface area contributed by atoms with E-state index in [0.717, 1.165) is 17.5 Å². The molecule has 0 amide bonds. The molecule has 3 aromatic rings. The van der Waals surface area contributed by atoms with Gasteiger partial charge in [-0.1, -0.05) is 88.4 Å². The van der Waals surface area contributed by atoms with Crippen LogP contribution in [-0.2, 0) is 12.8 Å². The zero-order valence-electron chi connectivity index (χ0n) is 19.5. The molecule has 0 saturated heterocycles. The van der Waals surface area contributed by atoms with Crippen molar-refractivity contribution in [1.82, 2.24) is 0 Å². The van der Waals surface area contributed by atoms with Gasteiger partial charge in [0.25, 0.3) is 0 Å².